The van der Waals surface area contributed by atoms with Crippen LogP contribution in [0.3, 0.4) is 0 Å². The molecular formula is C51H96N16O14. The van der Waals surface area contributed by atoms with Crippen molar-refractivity contribution in [1.82, 2.24) is 58.5 Å². The van der Waals surface area contributed by atoms with E-state index in [-0.39, 0.29) is 83.6 Å². The van der Waals surface area contributed by atoms with Gasteiger partial charge in [0.2, 0.25) is 65.0 Å². The highest BCUT2D eigenvalue weighted by Crippen LogP contribution is 2.13. The van der Waals surface area contributed by atoms with Gasteiger partial charge in [-0.15, -0.1) is 0 Å². The first kappa shape index (κ1) is 72.9. The Morgan fingerprint density at radius 3 is 1.46 bits per heavy atom. The summed E-state index contributed by atoms with van der Waals surface area (Å²) in [6.07, 6.45) is -2.79. The summed E-state index contributed by atoms with van der Waals surface area (Å²) in [5.41, 5.74) is 29.0. The number of hydrogen-bond donors (Lipinski definition) is 19. The van der Waals surface area contributed by atoms with Crippen LogP contribution in [0.1, 0.15) is 126 Å². The molecule has 0 saturated carbocycles. The van der Waals surface area contributed by atoms with E-state index in [1.54, 1.807) is 13.8 Å². The molecule has 0 aliphatic carbocycles. The summed E-state index contributed by atoms with van der Waals surface area (Å²) in [4.78, 5) is 152. The largest absolute Gasteiger partial charge is 0.391 e. The van der Waals surface area contributed by atoms with E-state index in [4.69, 9.17) is 28.7 Å². The highest BCUT2D eigenvalue weighted by Gasteiger charge is 2.38. The molecule has 0 aromatic heterocycles. The van der Waals surface area contributed by atoms with Crippen molar-refractivity contribution >= 4 is 65.0 Å². The summed E-state index contributed by atoms with van der Waals surface area (Å²) in [6.45, 7) is 9.91. The number of rotatable bonds is 28. The number of unbranched alkanes of at least 4 members (excludes halogenated alkanes) is 1. The van der Waals surface area contributed by atoms with Crippen LogP contribution in [0.15, 0.2) is 0 Å². The molecule has 1 aliphatic rings. The molecule has 24 N–H and O–H groups in total. The lowest BCUT2D eigenvalue weighted by atomic mass is 10.0. The van der Waals surface area contributed by atoms with Crippen LogP contribution in [-0.4, -0.2) is 198 Å². The molecule has 4 unspecified atom stereocenters. The van der Waals surface area contributed by atoms with Crippen molar-refractivity contribution in [2.75, 3.05) is 39.3 Å². The molecule has 0 aromatic rings. The number of carbonyl (C=O) groups is 11. The molecule has 1 heterocycles. The molecule has 0 bridgehead atoms. The SMILES string of the molecule is CCC(C)CCCCC(=O)N[C@@H](CCN)C(=O)N[C@H](C(=O)N[C@@H](CCN)C(=O)NC1CCNC(=O)C([C@@H](C)O)NC(=O)[C@H](CCN)NC(=O)[C@H](CCN)NC(=O)[C@H]([C@@H](C)O)NC(=O)[C@@H](CC(C)C)NC(=O)C(CCN)NC1=O)[C@@H](C)O. The molecule has 0 spiro atoms. The number of carbonyl (C=O) groups excluding carboxylic acids is 11. The average molecular weight is 1160 g/mol. The number of nitrogens with two attached hydrogens (primary N) is 5. The smallest absolute Gasteiger partial charge is 0.245 e. The zero-order valence-corrected chi connectivity index (χ0v) is 48.1. The van der Waals surface area contributed by atoms with E-state index in [2.05, 4.69) is 72.3 Å². The predicted molar refractivity (Wildman–Crippen MR) is 298 cm³/mol. The third kappa shape index (κ3) is 26.5. The van der Waals surface area contributed by atoms with Gasteiger partial charge in [0.05, 0.1) is 18.3 Å². The van der Waals surface area contributed by atoms with Gasteiger partial charge in [-0.05, 0) is 117 Å². The van der Waals surface area contributed by atoms with Crippen LogP contribution >= 0.6 is 0 Å². The minimum atomic E-state index is -1.73. The minimum absolute atomic E-state index is 0.0215. The molecule has 1 rings (SSSR count). The maximum absolute atomic E-state index is 14.4. The van der Waals surface area contributed by atoms with Crippen LogP contribution in [0.2, 0.25) is 0 Å². The van der Waals surface area contributed by atoms with Crippen molar-refractivity contribution < 1.29 is 68.1 Å². The number of nitrogens with one attached hydrogen (secondary N) is 11. The number of hydrogen-bond acceptors (Lipinski definition) is 19. The number of amides is 11. The Morgan fingerprint density at radius 2 is 0.988 bits per heavy atom. The second kappa shape index (κ2) is 38.5. The molecule has 30 nitrogen and oxygen atoms in total. The molecule has 1 aliphatic heterocycles. The summed E-state index contributed by atoms with van der Waals surface area (Å²) in [5, 5.41) is 59.4. The van der Waals surface area contributed by atoms with Crippen LogP contribution in [-0.2, 0) is 52.7 Å². The topological polar surface area (TPSA) is 511 Å². The molecule has 11 amide bonds. The fraction of sp³-hybridized carbons (Fsp3) is 0.784. The summed E-state index contributed by atoms with van der Waals surface area (Å²) in [6, 6.07) is -15.4. The molecule has 1 saturated heterocycles. The monoisotopic (exact) mass is 1160 g/mol. The van der Waals surface area contributed by atoms with Crippen molar-refractivity contribution in [3.63, 3.8) is 0 Å². The zero-order valence-electron chi connectivity index (χ0n) is 48.1. The fourth-order valence-corrected chi connectivity index (χ4v) is 8.44. The van der Waals surface area contributed by atoms with E-state index in [1.807, 2.05) is 0 Å². The Bertz CT molecular complexity index is 2050. The third-order valence-corrected chi connectivity index (χ3v) is 13.4. The lowest BCUT2D eigenvalue weighted by molar-refractivity contribution is -0.137. The van der Waals surface area contributed by atoms with Crippen molar-refractivity contribution in [3.05, 3.63) is 0 Å². The Labute approximate surface area is 474 Å². The van der Waals surface area contributed by atoms with Crippen LogP contribution in [0.25, 0.3) is 0 Å². The van der Waals surface area contributed by atoms with Gasteiger partial charge < -0.3 is 102 Å². The van der Waals surface area contributed by atoms with Gasteiger partial charge in [-0.3, -0.25) is 52.7 Å². The van der Waals surface area contributed by atoms with E-state index in [0.29, 0.717) is 12.3 Å². The van der Waals surface area contributed by atoms with Crippen molar-refractivity contribution in [2.24, 2.45) is 40.5 Å². The van der Waals surface area contributed by atoms with Gasteiger partial charge in [0.15, 0.2) is 0 Å². The van der Waals surface area contributed by atoms with Gasteiger partial charge in [0, 0.05) is 13.0 Å². The molecule has 1 fully saturated rings. The fourth-order valence-electron chi connectivity index (χ4n) is 8.44. The average Bonchev–Trinajstić information content (AvgIpc) is 3.39. The first-order valence-corrected chi connectivity index (χ1v) is 28.0. The van der Waals surface area contributed by atoms with Gasteiger partial charge in [0.25, 0.3) is 0 Å². The lowest BCUT2D eigenvalue weighted by Crippen LogP contribution is -2.62. The highest BCUT2D eigenvalue weighted by atomic mass is 16.3. The summed E-state index contributed by atoms with van der Waals surface area (Å²) in [7, 11) is 0. The summed E-state index contributed by atoms with van der Waals surface area (Å²) < 4.78 is 0. The lowest BCUT2D eigenvalue weighted by Gasteiger charge is -2.29. The quantitative estimate of drug-likeness (QED) is 0.0324. The Kier molecular flexibility index (Phi) is 34.7. The van der Waals surface area contributed by atoms with Gasteiger partial charge in [0.1, 0.15) is 60.4 Å². The van der Waals surface area contributed by atoms with Gasteiger partial charge in [-0.25, -0.2) is 0 Å². The van der Waals surface area contributed by atoms with Gasteiger partial charge in [-0.1, -0.05) is 47.0 Å². The molecule has 81 heavy (non-hydrogen) atoms. The Morgan fingerprint density at radius 1 is 0.531 bits per heavy atom. The molecule has 30 heteroatoms. The Hall–Kier alpha value is -6.15. The standard InChI is InChI=1S/C51H96N16O14/c1-8-27(4)11-9-10-12-38(71)58-31(13-19-52)46(76)66-40(29(6)69)50(80)63-34(16-22-55)43(73)61-36-18-24-57-49(79)39(28(5)68)65-47(77)35(17-23-56)60-42(72)33(15-21-54)62-51(81)41(30(7)70)67-48(78)37(25-26(2)3)64-44(74)32(14-20-53)59-45(36)75/h26-37,39-41,68-70H,8-25,52-56H2,1-7H3,(H,57,79)(H,58,71)(H,59,75)(H,60,72)(H,61,73)(H,62,81)(H,63,80)(H,64,74)(H,65,77)(H,66,76)(H,67,78)/t27?,28-,29-,30-,31+,32?,33+,34+,35+,36?,37-,39?,40+,41+/m1/s1. The molecular weight excluding hydrogens is 1060 g/mol. The summed E-state index contributed by atoms with van der Waals surface area (Å²) in [5.74, 6) is -10.1. The third-order valence-electron chi connectivity index (χ3n) is 13.4. The van der Waals surface area contributed by atoms with Crippen molar-refractivity contribution in [1.29, 1.82) is 0 Å². The van der Waals surface area contributed by atoms with E-state index < -0.39 is 157 Å². The molecule has 0 aromatic carbocycles. The zero-order chi connectivity index (χ0) is 61.5. The van der Waals surface area contributed by atoms with Crippen molar-refractivity contribution in [2.45, 2.75) is 204 Å². The van der Waals surface area contributed by atoms with E-state index >= 15 is 0 Å². The predicted octanol–water partition coefficient (Wildman–Crippen LogP) is -7.11. The van der Waals surface area contributed by atoms with Crippen molar-refractivity contribution in [3.8, 4) is 0 Å². The summed E-state index contributed by atoms with van der Waals surface area (Å²) >= 11 is 0. The first-order chi connectivity index (χ1) is 38.2. The second-order valence-electron chi connectivity index (χ2n) is 21.0. The van der Waals surface area contributed by atoms with Crippen LogP contribution in [0.4, 0.5) is 0 Å². The van der Waals surface area contributed by atoms with E-state index in [9.17, 15) is 68.1 Å². The Balaban J connectivity index is 3.79. The first-order valence-electron chi connectivity index (χ1n) is 28.0. The number of aliphatic hydroxyl groups excluding tert-OH is 3. The van der Waals surface area contributed by atoms with Crippen LogP contribution in [0.5, 0.6) is 0 Å². The molecule has 14 atom stereocenters. The molecule has 464 valence electrons. The maximum Gasteiger partial charge on any atom is 0.245 e. The normalized spacial score (nSPS) is 23.9. The highest BCUT2D eigenvalue weighted by molar-refractivity contribution is 5.99. The van der Waals surface area contributed by atoms with Gasteiger partial charge >= 0.3 is 0 Å². The van der Waals surface area contributed by atoms with Crippen LogP contribution in [0, 0.1) is 11.8 Å². The number of aliphatic hydroxyl groups is 3. The second-order valence-corrected chi connectivity index (χ2v) is 21.0. The van der Waals surface area contributed by atoms with E-state index in [1.165, 1.54) is 20.8 Å². The van der Waals surface area contributed by atoms with Crippen LogP contribution < -0.4 is 87.2 Å². The molecule has 0 radical (unpaired) electrons. The van der Waals surface area contributed by atoms with E-state index in [0.717, 1.165) is 19.3 Å². The van der Waals surface area contributed by atoms with Gasteiger partial charge in [-0.2, -0.15) is 0 Å². The minimum Gasteiger partial charge on any atom is -0.391 e. The maximum atomic E-state index is 14.4.